The maximum Gasteiger partial charge on any atom is 0.416 e. The van der Waals surface area contributed by atoms with Crippen molar-refractivity contribution in [1.29, 1.82) is 0 Å². The van der Waals surface area contributed by atoms with Gasteiger partial charge in [-0.25, -0.2) is 0 Å². The van der Waals surface area contributed by atoms with Crippen LogP contribution >= 0.6 is 0 Å². The molecule has 0 aromatic heterocycles. The third kappa shape index (κ3) is 2.18. The smallest absolute Gasteiger partial charge is 0.416 e. The molecule has 0 radical (unpaired) electrons. The molecular weight excluding hydrogens is 221 g/mol. The second-order valence-corrected chi connectivity index (χ2v) is 3.64. The highest BCUT2D eigenvalue weighted by molar-refractivity contribution is 5.71. The molecule has 1 aliphatic heterocycles. The van der Waals surface area contributed by atoms with Gasteiger partial charge in [0.1, 0.15) is 6.10 Å². The van der Waals surface area contributed by atoms with E-state index in [1.54, 1.807) is 0 Å². The number of halogens is 3. The summed E-state index contributed by atoms with van der Waals surface area (Å²) in [4.78, 5) is 10.9. The van der Waals surface area contributed by atoms with Gasteiger partial charge in [-0.2, -0.15) is 13.2 Å². The summed E-state index contributed by atoms with van der Waals surface area (Å²) >= 11 is 0. The number of hydrogen-bond acceptors (Lipinski definition) is 2. The first-order chi connectivity index (χ1) is 7.47. The van der Waals surface area contributed by atoms with Crippen LogP contribution in [0.5, 0.6) is 0 Å². The molecule has 0 amide bonds. The van der Waals surface area contributed by atoms with Gasteiger partial charge in [0.05, 0.1) is 5.56 Å². The van der Waals surface area contributed by atoms with E-state index in [-0.39, 0.29) is 5.97 Å². The fourth-order valence-electron chi connectivity index (χ4n) is 1.65. The molecule has 0 saturated carbocycles. The number of rotatable bonds is 1. The molecule has 0 N–H and O–H groups in total. The molecule has 2 rings (SSSR count). The molecule has 1 aromatic carbocycles. The lowest BCUT2D eigenvalue weighted by atomic mass is 10.0. The standard InChI is InChI=1S/C11H9F3O2/c12-11(13,14)8-3-1-7(2-4-8)9-5-6-10(15)16-9/h1-4,9H,5-6H2/t9-/m1/s1. The summed E-state index contributed by atoms with van der Waals surface area (Å²) in [6, 6.07) is 4.71. The molecule has 16 heavy (non-hydrogen) atoms. The van der Waals surface area contributed by atoms with Crippen LogP contribution in [0, 0.1) is 0 Å². The van der Waals surface area contributed by atoms with Crippen molar-refractivity contribution < 1.29 is 22.7 Å². The zero-order valence-electron chi connectivity index (χ0n) is 8.25. The van der Waals surface area contributed by atoms with Crippen molar-refractivity contribution in [2.45, 2.75) is 25.1 Å². The highest BCUT2D eigenvalue weighted by Crippen LogP contribution is 2.33. The minimum Gasteiger partial charge on any atom is -0.457 e. The van der Waals surface area contributed by atoms with E-state index in [1.807, 2.05) is 0 Å². The number of cyclic esters (lactones) is 1. The maximum atomic E-state index is 12.3. The van der Waals surface area contributed by atoms with Crippen molar-refractivity contribution >= 4 is 5.97 Å². The fraction of sp³-hybridized carbons (Fsp3) is 0.364. The van der Waals surface area contributed by atoms with Gasteiger partial charge < -0.3 is 4.74 Å². The van der Waals surface area contributed by atoms with Crippen LogP contribution in [-0.4, -0.2) is 5.97 Å². The molecule has 1 fully saturated rings. The Hall–Kier alpha value is -1.52. The van der Waals surface area contributed by atoms with Crippen molar-refractivity contribution in [2.24, 2.45) is 0 Å². The van der Waals surface area contributed by atoms with Gasteiger partial charge in [0.15, 0.2) is 0 Å². The van der Waals surface area contributed by atoms with Crippen molar-refractivity contribution in [2.75, 3.05) is 0 Å². The Morgan fingerprint density at radius 3 is 2.25 bits per heavy atom. The molecule has 5 heteroatoms. The number of hydrogen-bond donors (Lipinski definition) is 0. The Morgan fingerprint density at radius 1 is 1.19 bits per heavy atom. The van der Waals surface area contributed by atoms with Crippen LogP contribution in [0.1, 0.15) is 30.1 Å². The second-order valence-electron chi connectivity index (χ2n) is 3.64. The number of carbonyl (C=O) groups is 1. The van der Waals surface area contributed by atoms with Crippen molar-refractivity contribution in [3.63, 3.8) is 0 Å². The predicted octanol–water partition coefficient (Wildman–Crippen LogP) is 3.08. The molecule has 86 valence electrons. The molecular formula is C11H9F3O2. The summed E-state index contributed by atoms with van der Waals surface area (Å²) in [5.41, 5.74) is -0.0839. The quantitative estimate of drug-likeness (QED) is 0.693. The molecule has 2 nitrogen and oxygen atoms in total. The Bertz CT molecular complexity index is 395. The number of carbonyl (C=O) groups excluding carboxylic acids is 1. The van der Waals surface area contributed by atoms with E-state index in [4.69, 9.17) is 4.74 Å². The number of ether oxygens (including phenoxy) is 1. The van der Waals surface area contributed by atoms with Gasteiger partial charge in [0.2, 0.25) is 0 Å². The average Bonchev–Trinajstić information content (AvgIpc) is 2.64. The molecule has 1 saturated heterocycles. The van der Waals surface area contributed by atoms with Crippen LogP contribution in [0.25, 0.3) is 0 Å². The molecule has 0 aliphatic carbocycles. The normalized spacial score (nSPS) is 20.9. The van der Waals surface area contributed by atoms with Gasteiger partial charge in [-0.05, 0) is 24.1 Å². The summed E-state index contributed by atoms with van der Waals surface area (Å²) in [5, 5.41) is 0. The molecule has 1 heterocycles. The highest BCUT2D eigenvalue weighted by Gasteiger charge is 2.31. The monoisotopic (exact) mass is 230 g/mol. The molecule has 1 atom stereocenters. The molecule has 0 unspecified atom stereocenters. The Balaban J connectivity index is 2.17. The van der Waals surface area contributed by atoms with Crippen LogP contribution in [0.2, 0.25) is 0 Å². The Kier molecular flexibility index (Phi) is 2.61. The SMILES string of the molecule is O=C1CC[C@H](c2ccc(C(F)(F)F)cc2)O1. The van der Waals surface area contributed by atoms with Gasteiger partial charge in [0, 0.05) is 6.42 Å². The van der Waals surface area contributed by atoms with Gasteiger partial charge in [-0.1, -0.05) is 12.1 Å². The van der Waals surface area contributed by atoms with E-state index >= 15 is 0 Å². The summed E-state index contributed by atoms with van der Waals surface area (Å²) < 4.78 is 41.8. The van der Waals surface area contributed by atoms with E-state index in [2.05, 4.69) is 0 Å². The van der Waals surface area contributed by atoms with Gasteiger partial charge in [-0.15, -0.1) is 0 Å². The average molecular weight is 230 g/mol. The minimum atomic E-state index is -4.33. The van der Waals surface area contributed by atoms with Crippen molar-refractivity contribution in [1.82, 2.24) is 0 Å². The highest BCUT2D eigenvalue weighted by atomic mass is 19.4. The van der Waals surface area contributed by atoms with Crippen molar-refractivity contribution in [3.05, 3.63) is 35.4 Å². The molecule has 0 bridgehead atoms. The topological polar surface area (TPSA) is 26.3 Å². The first-order valence-electron chi connectivity index (χ1n) is 4.83. The number of benzene rings is 1. The third-order valence-corrected chi connectivity index (χ3v) is 2.49. The summed E-state index contributed by atoms with van der Waals surface area (Å²) in [7, 11) is 0. The van der Waals surface area contributed by atoms with Crippen LogP contribution in [0.3, 0.4) is 0 Å². The third-order valence-electron chi connectivity index (χ3n) is 2.49. The van der Waals surface area contributed by atoms with Crippen molar-refractivity contribution in [3.8, 4) is 0 Å². The van der Waals surface area contributed by atoms with Gasteiger partial charge in [-0.3, -0.25) is 4.79 Å². The zero-order chi connectivity index (χ0) is 11.8. The Morgan fingerprint density at radius 2 is 1.81 bits per heavy atom. The van der Waals surface area contributed by atoms with E-state index in [1.165, 1.54) is 12.1 Å². The largest absolute Gasteiger partial charge is 0.457 e. The first kappa shape index (κ1) is 11.0. The van der Waals surface area contributed by atoms with E-state index in [0.717, 1.165) is 12.1 Å². The molecule has 1 aromatic rings. The lowest BCUT2D eigenvalue weighted by molar-refractivity contribution is -0.142. The van der Waals surface area contributed by atoms with Crippen LogP contribution in [0.15, 0.2) is 24.3 Å². The molecule has 0 spiro atoms. The summed E-state index contributed by atoms with van der Waals surface area (Å²) in [5.74, 6) is -0.301. The lowest BCUT2D eigenvalue weighted by Gasteiger charge is -2.11. The number of esters is 1. The van der Waals surface area contributed by atoms with Crippen LogP contribution in [0.4, 0.5) is 13.2 Å². The minimum absolute atomic E-state index is 0.301. The molecule has 1 aliphatic rings. The fourth-order valence-corrected chi connectivity index (χ4v) is 1.65. The summed E-state index contributed by atoms with van der Waals surface area (Å²) in [6.07, 6.45) is -3.87. The first-order valence-corrected chi connectivity index (χ1v) is 4.83. The van der Waals surface area contributed by atoms with E-state index in [9.17, 15) is 18.0 Å². The number of alkyl halides is 3. The second kappa shape index (κ2) is 3.81. The van der Waals surface area contributed by atoms with E-state index < -0.39 is 17.8 Å². The van der Waals surface area contributed by atoms with Gasteiger partial charge in [0.25, 0.3) is 0 Å². The maximum absolute atomic E-state index is 12.3. The predicted molar refractivity (Wildman–Crippen MR) is 49.5 cm³/mol. The van der Waals surface area contributed by atoms with Crippen LogP contribution < -0.4 is 0 Å². The van der Waals surface area contributed by atoms with Crippen LogP contribution in [-0.2, 0) is 15.7 Å². The van der Waals surface area contributed by atoms with Gasteiger partial charge >= 0.3 is 12.1 Å². The zero-order valence-corrected chi connectivity index (χ0v) is 8.25. The summed E-state index contributed by atoms with van der Waals surface area (Å²) in [6.45, 7) is 0. The lowest BCUT2D eigenvalue weighted by Crippen LogP contribution is -2.05. The Labute approximate surface area is 90.0 Å². The van der Waals surface area contributed by atoms with E-state index in [0.29, 0.717) is 18.4 Å².